The van der Waals surface area contributed by atoms with Gasteiger partial charge in [-0.05, 0) is 71.2 Å². The Morgan fingerprint density at radius 3 is 2.30 bits per heavy atom. The largest absolute Gasteiger partial charge is 0.486 e. The van der Waals surface area contributed by atoms with Crippen molar-refractivity contribution in [3.05, 3.63) is 39.7 Å². The first-order valence-corrected chi connectivity index (χ1v) is 18.3. The van der Waals surface area contributed by atoms with Crippen molar-refractivity contribution >= 4 is 31.3 Å². The second kappa shape index (κ2) is 12.4. The zero-order chi connectivity index (χ0) is 32.8. The number of likely N-dealkylation sites (tertiary alicyclic amines) is 1. The van der Waals surface area contributed by atoms with Crippen LogP contribution in [0.4, 0.5) is 13.6 Å². The number of hydrogen-bond acceptors (Lipinski definition) is 7. The Bertz CT molecular complexity index is 1470. The number of esters is 1. The van der Waals surface area contributed by atoms with Crippen LogP contribution >= 0.6 is 0 Å². The van der Waals surface area contributed by atoms with E-state index in [0.717, 1.165) is 18.9 Å². The summed E-state index contributed by atoms with van der Waals surface area (Å²) in [6.07, 6.45) is 2.80. The van der Waals surface area contributed by atoms with Gasteiger partial charge in [0.15, 0.2) is 19.9 Å². The van der Waals surface area contributed by atoms with Crippen LogP contribution in [0.25, 0.3) is 10.9 Å². The van der Waals surface area contributed by atoms with Gasteiger partial charge in [0, 0.05) is 31.3 Å². The van der Waals surface area contributed by atoms with Crippen LogP contribution in [-0.4, -0.2) is 67.9 Å². The molecule has 12 heteroatoms. The van der Waals surface area contributed by atoms with Gasteiger partial charge in [0.2, 0.25) is 11.2 Å². The molecule has 0 spiro atoms. The van der Waals surface area contributed by atoms with Gasteiger partial charge in [-0.2, -0.15) is 4.39 Å². The van der Waals surface area contributed by atoms with Gasteiger partial charge in [-0.3, -0.25) is 4.79 Å². The second-order valence-corrected chi connectivity index (χ2v) is 19.2. The molecule has 0 radical (unpaired) electrons. The predicted octanol–water partition coefficient (Wildman–Crippen LogP) is 6.82. The van der Waals surface area contributed by atoms with E-state index in [1.165, 1.54) is 6.20 Å². The fourth-order valence-corrected chi connectivity index (χ4v) is 6.20. The van der Waals surface area contributed by atoms with Crippen LogP contribution in [0, 0.1) is 17.6 Å². The lowest BCUT2D eigenvalue weighted by Crippen LogP contribution is -2.43. The molecule has 1 aromatic carbocycles. The summed E-state index contributed by atoms with van der Waals surface area (Å²) in [5, 5.41) is -0.160. The topological polar surface area (TPSA) is 96.3 Å². The molecular weight excluding hydrogens is 590 g/mol. The van der Waals surface area contributed by atoms with Crippen LogP contribution in [0.15, 0.2) is 17.1 Å². The third-order valence-corrected chi connectivity index (χ3v) is 13.1. The van der Waals surface area contributed by atoms with Crippen LogP contribution in [0.3, 0.4) is 0 Å². The molecule has 1 saturated heterocycles. The molecule has 1 aliphatic heterocycles. The van der Waals surface area contributed by atoms with Crippen LogP contribution in [0.5, 0.6) is 5.75 Å². The standard InChI is InChI=1S/C32H46F2N2O7Si/c1-10-40-29(38)23-16-35(20-11-12-20)26-22(27(23)37)14-24(33)25(34)28(26)41-18-21-13-19(17-42-44(8,9)32(5,6)7)15-36(21)30(39)43-31(2,3)4/h14,16,19-21H,10-13,15,17-18H2,1-9H3/t19?,21-/m0/s1. The smallest absolute Gasteiger partial charge is 0.410 e. The molecule has 0 N–H and O–H groups in total. The summed E-state index contributed by atoms with van der Waals surface area (Å²) in [6.45, 7) is 18.5. The first kappa shape index (κ1) is 33.9. The fraction of sp³-hybridized carbons (Fsp3) is 0.656. The second-order valence-electron chi connectivity index (χ2n) is 14.4. The van der Waals surface area contributed by atoms with E-state index in [2.05, 4.69) is 33.9 Å². The molecule has 1 saturated carbocycles. The molecule has 244 valence electrons. The number of nitrogens with zero attached hydrogens (tertiary/aromatic N) is 2. The third kappa shape index (κ3) is 7.27. The van der Waals surface area contributed by atoms with Crippen molar-refractivity contribution in [2.75, 3.05) is 26.4 Å². The molecule has 2 aromatic rings. The van der Waals surface area contributed by atoms with Gasteiger partial charge < -0.3 is 28.1 Å². The van der Waals surface area contributed by atoms with Gasteiger partial charge >= 0.3 is 12.1 Å². The number of amides is 1. The summed E-state index contributed by atoms with van der Waals surface area (Å²) >= 11 is 0. The molecule has 0 bridgehead atoms. The molecule has 2 heterocycles. The highest BCUT2D eigenvalue weighted by molar-refractivity contribution is 6.74. The zero-order valence-corrected chi connectivity index (χ0v) is 28.3. The lowest BCUT2D eigenvalue weighted by Gasteiger charge is -2.37. The number of ether oxygens (including phenoxy) is 3. The van der Waals surface area contributed by atoms with Crippen molar-refractivity contribution in [1.29, 1.82) is 0 Å². The Morgan fingerprint density at radius 2 is 1.73 bits per heavy atom. The van der Waals surface area contributed by atoms with E-state index in [-0.39, 0.29) is 46.7 Å². The number of carbonyl (C=O) groups excluding carboxylic acids is 2. The molecule has 44 heavy (non-hydrogen) atoms. The monoisotopic (exact) mass is 636 g/mol. The van der Waals surface area contributed by atoms with Gasteiger partial charge in [-0.1, -0.05) is 20.8 Å². The van der Waals surface area contributed by atoms with Gasteiger partial charge in [0.05, 0.1) is 23.6 Å². The Hall–Kier alpha value is -2.99. The maximum Gasteiger partial charge on any atom is 0.410 e. The van der Waals surface area contributed by atoms with Crippen molar-refractivity contribution in [3.63, 3.8) is 0 Å². The summed E-state index contributed by atoms with van der Waals surface area (Å²) in [5.41, 5.74) is -1.68. The van der Waals surface area contributed by atoms with E-state index in [0.29, 0.717) is 19.6 Å². The molecule has 4 rings (SSSR count). The van der Waals surface area contributed by atoms with Crippen LogP contribution in [-0.2, 0) is 13.9 Å². The average molecular weight is 637 g/mol. The molecule has 1 aliphatic carbocycles. The number of pyridine rings is 1. The first-order chi connectivity index (χ1) is 20.3. The van der Waals surface area contributed by atoms with Crippen molar-refractivity contribution in [3.8, 4) is 5.75 Å². The minimum absolute atomic E-state index is 0.0133. The maximum absolute atomic E-state index is 15.5. The van der Waals surface area contributed by atoms with Crippen LogP contribution in [0.1, 0.15) is 84.1 Å². The Labute approximate surface area is 258 Å². The zero-order valence-electron chi connectivity index (χ0n) is 27.3. The minimum atomic E-state index is -2.05. The molecule has 2 aliphatic rings. The van der Waals surface area contributed by atoms with Gasteiger partial charge in [0.1, 0.15) is 17.8 Å². The summed E-state index contributed by atoms with van der Waals surface area (Å²) in [5.74, 6) is -3.79. The van der Waals surface area contributed by atoms with E-state index in [4.69, 9.17) is 18.6 Å². The molecule has 2 atom stereocenters. The lowest BCUT2D eigenvalue weighted by molar-refractivity contribution is 0.0180. The number of halogens is 2. The first-order valence-electron chi connectivity index (χ1n) is 15.3. The summed E-state index contributed by atoms with van der Waals surface area (Å²) in [4.78, 5) is 40.7. The number of hydrogen-bond donors (Lipinski definition) is 0. The number of fused-ring (bicyclic) bond motifs is 1. The Balaban J connectivity index is 1.68. The molecule has 2 fully saturated rings. The summed E-state index contributed by atoms with van der Waals surface area (Å²) in [7, 11) is -2.05. The van der Waals surface area contributed by atoms with Gasteiger partial charge in [-0.25, -0.2) is 14.0 Å². The fourth-order valence-electron chi connectivity index (χ4n) is 5.12. The third-order valence-electron chi connectivity index (χ3n) is 8.64. The van der Waals surface area contributed by atoms with Crippen LogP contribution < -0.4 is 10.2 Å². The number of rotatable bonds is 9. The molecule has 9 nitrogen and oxygen atoms in total. The van der Waals surface area contributed by atoms with Gasteiger partial charge in [0.25, 0.3) is 0 Å². The van der Waals surface area contributed by atoms with E-state index >= 15 is 4.39 Å². The van der Waals surface area contributed by atoms with Gasteiger partial charge in [-0.15, -0.1) is 0 Å². The number of benzene rings is 1. The van der Waals surface area contributed by atoms with E-state index in [9.17, 15) is 18.8 Å². The van der Waals surface area contributed by atoms with Crippen molar-refractivity contribution < 1.29 is 37.0 Å². The number of aromatic nitrogens is 1. The van der Waals surface area contributed by atoms with E-state index in [1.54, 1.807) is 37.2 Å². The minimum Gasteiger partial charge on any atom is -0.486 e. The highest BCUT2D eigenvalue weighted by Crippen LogP contribution is 2.41. The van der Waals surface area contributed by atoms with Crippen LogP contribution in [0.2, 0.25) is 18.1 Å². The van der Waals surface area contributed by atoms with Crippen molar-refractivity contribution in [2.24, 2.45) is 5.92 Å². The van der Waals surface area contributed by atoms with E-state index in [1.807, 2.05) is 0 Å². The highest BCUT2D eigenvalue weighted by Gasteiger charge is 2.42. The van der Waals surface area contributed by atoms with E-state index < -0.39 is 54.8 Å². The number of carbonyl (C=O) groups is 2. The normalized spacial score (nSPS) is 19.4. The quantitative estimate of drug-likeness (QED) is 0.220. The molecule has 1 unspecified atom stereocenters. The predicted molar refractivity (Wildman–Crippen MR) is 166 cm³/mol. The highest BCUT2D eigenvalue weighted by atomic mass is 28.4. The van der Waals surface area contributed by atoms with Crippen molar-refractivity contribution in [1.82, 2.24) is 9.47 Å². The SMILES string of the molecule is CCOC(=O)c1cn(C2CC2)c2c(OC[C@@H]3CC(CO[Si](C)(C)C(C)(C)C)CN3C(=O)OC(C)(C)C)c(F)c(F)cc2c1=O. The molecule has 1 amide bonds. The maximum atomic E-state index is 15.5. The summed E-state index contributed by atoms with van der Waals surface area (Å²) < 4.78 is 55.2. The Kier molecular flexibility index (Phi) is 9.57. The average Bonchev–Trinajstić information content (AvgIpc) is 3.66. The lowest BCUT2D eigenvalue weighted by atomic mass is 10.1. The molecular formula is C32H46F2N2O7Si. The summed E-state index contributed by atoms with van der Waals surface area (Å²) in [6, 6.07) is 0.175. The van der Waals surface area contributed by atoms with Crippen molar-refractivity contribution in [2.45, 2.75) is 104 Å². The molecule has 1 aromatic heterocycles. The Morgan fingerprint density at radius 1 is 1.07 bits per heavy atom.